The standard InChI is InChI=1S/C16H28N4O2/c1-12(2)9-19-16(22)20-6-4-5-14(11-20)7-15(21)18-10-13(3)8-17/h12-14H,4-7,9-11H2,1-3H3,(H,18,21)(H,19,22). The van der Waals surface area contributed by atoms with Crippen LogP contribution in [0.25, 0.3) is 0 Å². The second-order valence-electron chi connectivity index (χ2n) is 6.57. The zero-order valence-electron chi connectivity index (χ0n) is 13.9. The zero-order chi connectivity index (χ0) is 16.5. The van der Waals surface area contributed by atoms with Gasteiger partial charge in [-0.3, -0.25) is 4.79 Å². The summed E-state index contributed by atoms with van der Waals surface area (Å²) in [5.74, 6) is 0.429. The van der Waals surface area contributed by atoms with Crippen molar-refractivity contribution in [3.8, 4) is 6.07 Å². The Kier molecular flexibility index (Phi) is 7.72. The third kappa shape index (κ3) is 6.79. The molecule has 1 fully saturated rings. The van der Waals surface area contributed by atoms with E-state index in [0.29, 0.717) is 32.0 Å². The maximum Gasteiger partial charge on any atom is 0.317 e. The molecule has 2 N–H and O–H groups in total. The number of nitriles is 1. The van der Waals surface area contributed by atoms with Gasteiger partial charge in [0, 0.05) is 32.6 Å². The average Bonchev–Trinajstić information content (AvgIpc) is 2.50. The second kappa shape index (κ2) is 9.29. The number of amides is 3. The van der Waals surface area contributed by atoms with Crippen LogP contribution in [0.3, 0.4) is 0 Å². The van der Waals surface area contributed by atoms with Crippen LogP contribution in [0.5, 0.6) is 0 Å². The molecule has 0 radical (unpaired) electrons. The van der Waals surface area contributed by atoms with Crippen molar-refractivity contribution in [2.75, 3.05) is 26.2 Å². The number of rotatable bonds is 6. The summed E-state index contributed by atoms with van der Waals surface area (Å²) in [6.45, 7) is 8.35. The van der Waals surface area contributed by atoms with Gasteiger partial charge in [0.05, 0.1) is 12.0 Å². The maximum atomic E-state index is 12.1. The molecule has 2 unspecified atom stereocenters. The number of hydrogen-bond donors (Lipinski definition) is 2. The van der Waals surface area contributed by atoms with Crippen molar-refractivity contribution in [2.45, 2.75) is 40.0 Å². The van der Waals surface area contributed by atoms with Crippen LogP contribution in [-0.2, 0) is 4.79 Å². The van der Waals surface area contributed by atoms with E-state index >= 15 is 0 Å². The fourth-order valence-corrected chi connectivity index (χ4v) is 2.47. The molecule has 124 valence electrons. The molecular weight excluding hydrogens is 280 g/mol. The molecule has 1 heterocycles. The van der Waals surface area contributed by atoms with Crippen LogP contribution >= 0.6 is 0 Å². The summed E-state index contributed by atoms with van der Waals surface area (Å²) in [6.07, 6.45) is 2.32. The first-order valence-corrected chi connectivity index (χ1v) is 8.11. The lowest BCUT2D eigenvalue weighted by Gasteiger charge is -2.32. The third-order valence-electron chi connectivity index (χ3n) is 3.77. The van der Waals surface area contributed by atoms with Crippen molar-refractivity contribution >= 4 is 11.9 Å². The van der Waals surface area contributed by atoms with Crippen LogP contribution in [0.4, 0.5) is 4.79 Å². The van der Waals surface area contributed by atoms with Crippen molar-refractivity contribution in [1.82, 2.24) is 15.5 Å². The Balaban J connectivity index is 2.35. The van der Waals surface area contributed by atoms with Crippen LogP contribution in [0.1, 0.15) is 40.0 Å². The van der Waals surface area contributed by atoms with Crippen LogP contribution in [-0.4, -0.2) is 43.0 Å². The lowest BCUT2D eigenvalue weighted by Crippen LogP contribution is -2.47. The molecule has 3 amide bonds. The van der Waals surface area contributed by atoms with Crippen molar-refractivity contribution in [2.24, 2.45) is 17.8 Å². The minimum Gasteiger partial charge on any atom is -0.355 e. The molecule has 0 aromatic rings. The van der Waals surface area contributed by atoms with Gasteiger partial charge in [-0.2, -0.15) is 5.26 Å². The normalized spacial score (nSPS) is 19.4. The van der Waals surface area contributed by atoms with Gasteiger partial charge in [-0.25, -0.2) is 4.79 Å². The van der Waals surface area contributed by atoms with Gasteiger partial charge in [-0.1, -0.05) is 13.8 Å². The lowest BCUT2D eigenvalue weighted by molar-refractivity contribution is -0.122. The summed E-state index contributed by atoms with van der Waals surface area (Å²) in [5, 5.41) is 14.4. The van der Waals surface area contributed by atoms with Crippen molar-refractivity contribution in [1.29, 1.82) is 5.26 Å². The van der Waals surface area contributed by atoms with Crippen molar-refractivity contribution in [3.05, 3.63) is 0 Å². The smallest absolute Gasteiger partial charge is 0.317 e. The average molecular weight is 308 g/mol. The summed E-state index contributed by atoms with van der Waals surface area (Å²) in [7, 11) is 0. The topological polar surface area (TPSA) is 85.2 Å². The number of urea groups is 1. The quantitative estimate of drug-likeness (QED) is 0.783. The van der Waals surface area contributed by atoms with Gasteiger partial charge in [0.2, 0.25) is 5.91 Å². The largest absolute Gasteiger partial charge is 0.355 e. The lowest BCUT2D eigenvalue weighted by atomic mass is 9.94. The van der Waals surface area contributed by atoms with E-state index < -0.39 is 0 Å². The van der Waals surface area contributed by atoms with Gasteiger partial charge in [0.15, 0.2) is 0 Å². The molecule has 0 spiro atoms. The van der Waals surface area contributed by atoms with Crippen LogP contribution < -0.4 is 10.6 Å². The second-order valence-corrected chi connectivity index (χ2v) is 6.57. The Labute approximate surface area is 133 Å². The van der Waals surface area contributed by atoms with Crippen LogP contribution in [0.2, 0.25) is 0 Å². The first kappa shape index (κ1) is 18.3. The first-order chi connectivity index (χ1) is 10.4. The molecule has 2 atom stereocenters. The highest BCUT2D eigenvalue weighted by Crippen LogP contribution is 2.19. The van der Waals surface area contributed by atoms with E-state index in [1.165, 1.54) is 0 Å². The maximum absolute atomic E-state index is 12.1. The molecule has 1 aliphatic heterocycles. The van der Waals surface area contributed by atoms with Crippen molar-refractivity contribution < 1.29 is 9.59 Å². The van der Waals surface area contributed by atoms with E-state index in [4.69, 9.17) is 5.26 Å². The Morgan fingerprint density at radius 2 is 2.00 bits per heavy atom. The van der Waals surface area contributed by atoms with E-state index in [0.717, 1.165) is 19.4 Å². The minimum absolute atomic E-state index is 0.0306. The van der Waals surface area contributed by atoms with Gasteiger partial charge in [-0.15, -0.1) is 0 Å². The molecule has 1 rings (SSSR count). The Morgan fingerprint density at radius 3 is 2.64 bits per heavy atom. The molecule has 6 nitrogen and oxygen atoms in total. The number of carbonyl (C=O) groups excluding carboxylic acids is 2. The van der Waals surface area contributed by atoms with Gasteiger partial charge in [0.1, 0.15) is 0 Å². The van der Waals surface area contributed by atoms with Crippen LogP contribution in [0, 0.1) is 29.1 Å². The van der Waals surface area contributed by atoms with Gasteiger partial charge in [-0.05, 0) is 31.6 Å². The molecule has 1 aliphatic rings. The zero-order valence-corrected chi connectivity index (χ0v) is 13.9. The number of nitrogens with zero attached hydrogens (tertiary/aromatic N) is 2. The molecular formula is C16H28N4O2. The Bertz CT molecular complexity index is 417. The highest BCUT2D eigenvalue weighted by atomic mass is 16.2. The Hall–Kier alpha value is -1.77. The number of nitrogens with one attached hydrogen (secondary N) is 2. The SMILES string of the molecule is CC(C)CNC(=O)N1CCCC(CC(=O)NCC(C)C#N)C1. The fraction of sp³-hybridized carbons (Fsp3) is 0.812. The Morgan fingerprint density at radius 1 is 1.27 bits per heavy atom. The summed E-state index contributed by atoms with van der Waals surface area (Å²) in [4.78, 5) is 25.8. The third-order valence-corrected chi connectivity index (χ3v) is 3.77. The van der Waals surface area contributed by atoms with Gasteiger partial charge < -0.3 is 15.5 Å². The summed E-state index contributed by atoms with van der Waals surface area (Å²) in [5.41, 5.74) is 0. The van der Waals surface area contributed by atoms with Gasteiger partial charge >= 0.3 is 6.03 Å². The molecule has 0 aromatic heterocycles. The minimum atomic E-state index is -0.173. The number of carbonyl (C=O) groups is 2. The molecule has 0 bridgehead atoms. The summed E-state index contributed by atoms with van der Waals surface area (Å²) < 4.78 is 0. The molecule has 0 saturated carbocycles. The fourth-order valence-electron chi connectivity index (χ4n) is 2.47. The highest BCUT2D eigenvalue weighted by molar-refractivity contribution is 5.77. The van der Waals surface area contributed by atoms with Crippen molar-refractivity contribution in [3.63, 3.8) is 0 Å². The predicted molar refractivity (Wildman–Crippen MR) is 84.9 cm³/mol. The van der Waals surface area contributed by atoms with E-state index in [9.17, 15) is 9.59 Å². The molecule has 22 heavy (non-hydrogen) atoms. The van der Waals surface area contributed by atoms with E-state index in [1.54, 1.807) is 6.92 Å². The molecule has 0 aliphatic carbocycles. The monoisotopic (exact) mass is 308 g/mol. The molecule has 6 heteroatoms. The van der Waals surface area contributed by atoms with E-state index in [-0.39, 0.29) is 23.8 Å². The number of hydrogen-bond acceptors (Lipinski definition) is 3. The number of likely N-dealkylation sites (tertiary alicyclic amines) is 1. The highest BCUT2D eigenvalue weighted by Gasteiger charge is 2.25. The number of piperidine rings is 1. The molecule has 0 aromatic carbocycles. The first-order valence-electron chi connectivity index (χ1n) is 8.11. The molecule has 1 saturated heterocycles. The summed E-state index contributed by atoms with van der Waals surface area (Å²) in [6, 6.07) is 2.06. The van der Waals surface area contributed by atoms with Gasteiger partial charge in [0.25, 0.3) is 0 Å². The predicted octanol–water partition coefficient (Wildman–Crippen LogP) is 1.73. The summed E-state index contributed by atoms with van der Waals surface area (Å²) >= 11 is 0. The van der Waals surface area contributed by atoms with E-state index in [2.05, 4.69) is 30.6 Å². The van der Waals surface area contributed by atoms with Crippen LogP contribution in [0.15, 0.2) is 0 Å². The van der Waals surface area contributed by atoms with E-state index in [1.807, 2.05) is 4.90 Å².